The summed E-state index contributed by atoms with van der Waals surface area (Å²) in [5.74, 6) is 0.516. The zero-order valence-electron chi connectivity index (χ0n) is 21.8. The lowest BCUT2D eigenvalue weighted by atomic mass is 10.1. The highest BCUT2D eigenvalue weighted by molar-refractivity contribution is 8.01. The molecule has 37 heavy (non-hydrogen) atoms. The number of anilines is 1. The fraction of sp³-hybridized carbons (Fsp3) is 0.500. The number of methoxy groups -OCH3 is 1. The van der Waals surface area contributed by atoms with Gasteiger partial charge in [0.1, 0.15) is 22.4 Å². The van der Waals surface area contributed by atoms with Gasteiger partial charge in [-0.05, 0) is 74.7 Å². The average Bonchev–Trinajstić information content (AvgIpc) is 3.57. The van der Waals surface area contributed by atoms with Crippen LogP contribution in [0.1, 0.15) is 30.9 Å². The Morgan fingerprint density at radius 3 is 2.43 bits per heavy atom. The van der Waals surface area contributed by atoms with Crippen molar-refractivity contribution in [2.75, 3.05) is 45.2 Å². The van der Waals surface area contributed by atoms with Gasteiger partial charge < -0.3 is 30.9 Å². The van der Waals surface area contributed by atoms with E-state index < -0.39 is 11.4 Å². The molecular formula is C28H39N5O3S. The number of hydrogen-bond acceptors (Lipinski definition) is 7. The van der Waals surface area contributed by atoms with Crippen molar-refractivity contribution in [3.63, 3.8) is 0 Å². The van der Waals surface area contributed by atoms with Crippen LogP contribution in [0.5, 0.6) is 5.75 Å². The monoisotopic (exact) mass is 525 g/mol. The number of thioether (sulfide) groups is 1. The quantitative estimate of drug-likeness (QED) is 0.392. The Balaban J connectivity index is 1.26. The zero-order valence-corrected chi connectivity index (χ0v) is 22.6. The molecule has 1 unspecified atom stereocenters. The third-order valence-electron chi connectivity index (χ3n) is 7.11. The number of likely N-dealkylation sites (tertiary alicyclic amines) is 1. The van der Waals surface area contributed by atoms with Gasteiger partial charge in [0.2, 0.25) is 11.8 Å². The van der Waals surface area contributed by atoms with Crippen LogP contribution in [0.4, 0.5) is 5.69 Å². The first-order chi connectivity index (χ1) is 18.0. The Morgan fingerprint density at radius 1 is 1.11 bits per heavy atom. The van der Waals surface area contributed by atoms with Gasteiger partial charge in [0.05, 0.1) is 7.11 Å². The van der Waals surface area contributed by atoms with Gasteiger partial charge in [-0.2, -0.15) is 0 Å². The van der Waals surface area contributed by atoms with Crippen molar-refractivity contribution < 1.29 is 14.3 Å². The van der Waals surface area contributed by atoms with E-state index in [4.69, 9.17) is 10.5 Å². The van der Waals surface area contributed by atoms with Crippen LogP contribution in [0.25, 0.3) is 0 Å². The second kappa shape index (κ2) is 13.2. The van der Waals surface area contributed by atoms with Crippen LogP contribution in [0, 0.1) is 0 Å². The molecule has 0 spiro atoms. The summed E-state index contributed by atoms with van der Waals surface area (Å²) in [6.07, 6.45) is 3.69. The summed E-state index contributed by atoms with van der Waals surface area (Å²) in [6.45, 7) is 6.84. The largest absolute Gasteiger partial charge is 0.497 e. The summed E-state index contributed by atoms with van der Waals surface area (Å²) >= 11 is 1.47. The van der Waals surface area contributed by atoms with E-state index in [0.29, 0.717) is 19.6 Å². The lowest BCUT2D eigenvalue weighted by molar-refractivity contribution is -0.131. The van der Waals surface area contributed by atoms with E-state index in [0.717, 1.165) is 30.0 Å². The molecule has 2 heterocycles. The van der Waals surface area contributed by atoms with E-state index in [9.17, 15) is 9.59 Å². The molecule has 0 aliphatic carbocycles. The van der Waals surface area contributed by atoms with Gasteiger partial charge in [-0.3, -0.25) is 9.59 Å². The van der Waals surface area contributed by atoms with Crippen molar-refractivity contribution in [3.05, 3.63) is 59.7 Å². The van der Waals surface area contributed by atoms with Crippen molar-refractivity contribution in [2.24, 2.45) is 5.73 Å². The fourth-order valence-electron chi connectivity index (χ4n) is 4.83. The van der Waals surface area contributed by atoms with E-state index in [2.05, 4.69) is 39.8 Å². The first kappa shape index (κ1) is 27.3. The lowest BCUT2D eigenvalue weighted by Gasteiger charge is -2.26. The Hall–Kier alpha value is -2.75. The summed E-state index contributed by atoms with van der Waals surface area (Å²) in [6, 6.07) is 15.2. The Bertz CT molecular complexity index is 1030. The number of carbonyl (C=O) groups excluding carboxylic acids is 2. The topological polar surface area (TPSA) is 99.9 Å². The Labute approximate surface area is 224 Å². The van der Waals surface area contributed by atoms with Crippen LogP contribution in [-0.4, -0.2) is 78.1 Å². The number of rotatable bonds is 12. The van der Waals surface area contributed by atoms with Gasteiger partial charge in [0.25, 0.3) is 0 Å². The molecule has 2 aromatic carbocycles. The number of carbonyl (C=O) groups is 2. The molecule has 0 aromatic heterocycles. The highest BCUT2D eigenvalue weighted by Crippen LogP contribution is 2.33. The molecule has 2 aliphatic rings. The molecule has 0 radical (unpaired) electrons. The van der Waals surface area contributed by atoms with Crippen LogP contribution < -0.4 is 21.1 Å². The maximum atomic E-state index is 13.1. The molecule has 4 rings (SSSR count). The number of nitrogens with one attached hydrogen (secondary N) is 2. The number of benzene rings is 2. The minimum Gasteiger partial charge on any atom is -0.497 e. The molecule has 2 aromatic rings. The molecule has 200 valence electrons. The molecule has 4 N–H and O–H groups in total. The van der Waals surface area contributed by atoms with Crippen molar-refractivity contribution in [1.82, 2.24) is 15.1 Å². The molecule has 2 amide bonds. The molecule has 3 atom stereocenters. The Kier molecular flexibility index (Phi) is 9.71. The van der Waals surface area contributed by atoms with Gasteiger partial charge in [-0.1, -0.05) is 24.3 Å². The predicted molar refractivity (Wildman–Crippen MR) is 150 cm³/mol. The van der Waals surface area contributed by atoms with Crippen molar-refractivity contribution in [2.45, 2.75) is 49.4 Å². The molecular weight excluding hydrogens is 486 g/mol. The van der Waals surface area contributed by atoms with Gasteiger partial charge >= 0.3 is 0 Å². The average molecular weight is 526 g/mol. The molecule has 0 saturated carbocycles. The van der Waals surface area contributed by atoms with E-state index in [1.54, 1.807) is 12.0 Å². The first-order valence-electron chi connectivity index (χ1n) is 13.2. The van der Waals surface area contributed by atoms with Crippen LogP contribution >= 0.6 is 11.8 Å². The van der Waals surface area contributed by atoms with E-state index in [1.165, 1.54) is 43.3 Å². The van der Waals surface area contributed by atoms with Crippen LogP contribution in [0.15, 0.2) is 48.5 Å². The smallest absolute Gasteiger partial charge is 0.240 e. The first-order valence-corrected chi connectivity index (χ1v) is 14.1. The molecule has 2 aliphatic heterocycles. The summed E-state index contributed by atoms with van der Waals surface area (Å²) in [5, 5.41) is 5.62. The van der Waals surface area contributed by atoms with E-state index >= 15 is 0 Å². The summed E-state index contributed by atoms with van der Waals surface area (Å²) < 4.78 is 5.17. The third-order valence-corrected chi connectivity index (χ3v) is 8.63. The van der Waals surface area contributed by atoms with E-state index in [1.807, 2.05) is 31.2 Å². The minimum atomic E-state index is -0.813. The molecule has 2 saturated heterocycles. The number of nitrogens with zero attached hydrogens (tertiary/aromatic N) is 2. The van der Waals surface area contributed by atoms with Crippen LogP contribution in [0.3, 0.4) is 0 Å². The number of ether oxygens (including phenoxy) is 1. The minimum absolute atomic E-state index is 0.0191. The lowest BCUT2D eigenvalue weighted by Crippen LogP contribution is -2.52. The normalized spacial score (nSPS) is 20.7. The van der Waals surface area contributed by atoms with Gasteiger partial charge in [0.15, 0.2) is 0 Å². The zero-order chi connectivity index (χ0) is 26.2. The molecule has 0 bridgehead atoms. The summed E-state index contributed by atoms with van der Waals surface area (Å²) in [7, 11) is 1.62. The highest BCUT2D eigenvalue weighted by Gasteiger charge is 2.44. The second-order valence-corrected chi connectivity index (χ2v) is 10.9. The summed E-state index contributed by atoms with van der Waals surface area (Å²) in [4.78, 5) is 30.1. The number of nitrogens with two attached hydrogens (primary N) is 1. The number of likely N-dealkylation sites (N-methyl/N-ethyl adjacent to an activating group) is 1. The SMILES string of the molecule is CCN1C(=O)[C@@H](CNc2ccc(CCN3CCCC3)cc2)SC1[C@H](N)C(=O)NCc1ccc(OC)cc1. The van der Waals surface area contributed by atoms with E-state index in [-0.39, 0.29) is 17.1 Å². The maximum Gasteiger partial charge on any atom is 0.240 e. The highest BCUT2D eigenvalue weighted by atomic mass is 32.2. The Morgan fingerprint density at radius 2 is 1.78 bits per heavy atom. The van der Waals surface area contributed by atoms with Gasteiger partial charge in [-0.25, -0.2) is 0 Å². The molecule has 2 fully saturated rings. The van der Waals surface area contributed by atoms with Crippen LogP contribution in [0.2, 0.25) is 0 Å². The number of hydrogen-bond donors (Lipinski definition) is 3. The molecule has 8 nitrogen and oxygen atoms in total. The van der Waals surface area contributed by atoms with Gasteiger partial charge in [-0.15, -0.1) is 11.8 Å². The van der Waals surface area contributed by atoms with Crippen molar-refractivity contribution in [1.29, 1.82) is 0 Å². The summed E-state index contributed by atoms with van der Waals surface area (Å²) in [5.41, 5.74) is 9.62. The number of amides is 2. The molecule has 9 heteroatoms. The maximum absolute atomic E-state index is 13.1. The predicted octanol–water partition coefficient (Wildman–Crippen LogP) is 2.68. The standard InChI is InChI=1S/C28H39N5O3S/c1-3-33-27(35)24(19-30-22-10-6-20(7-11-22)14-17-32-15-4-5-16-32)37-28(33)25(29)26(34)31-18-21-8-12-23(36-2)13-9-21/h6-13,24-25,28,30H,3-5,14-19,29H2,1-2H3,(H,31,34)/t24-,25-,28?/m1/s1. The van der Waals surface area contributed by atoms with Crippen LogP contribution in [-0.2, 0) is 22.6 Å². The fourth-order valence-corrected chi connectivity index (χ4v) is 6.29. The van der Waals surface area contributed by atoms with Gasteiger partial charge in [0, 0.05) is 31.9 Å². The van der Waals surface area contributed by atoms with Crippen molar-refractivity contribution >= 4 is 29.3 Å². The second-order valence-electron chi connectivity index (χ2n) is 9.61. The van der Waals surface area contributed by atoms with Crippen molar-refractivity contribution in [3.8, 4) is 5.75 Å². The third kappa shape index (κ3) is 7.18.